The maximum absolute atomic E-state index is 13.6. The lowest BCUT2D eigenvalue weighted by molar-refractivity contribution is -0.384. The molecule has 0 saturated carbocycles. The van der Waals surface area contributed by atoms with Crippen LogP contribution in [0.1, 0.15) is 66.5 Å². The highest BCUT2D eigenvalue weighted by molar-refractivity contribution is 7.89. The quantitative estimate of drug-likeness (QED) is 0.300. The summed E-state index contributed by atoms with van der Waals surface area (Å²) < 4.78 is 69.3. The zero-order chi connectivity index (χ0) is 28.3. The largest absolute Gasteiger partial charge is 0.416 e. The average molecular weight is 563 g/mol. The predicted molar refractivity (Wildman–Crippen MR) is 134 cm³/mol. The lowest BCUT2D eigenvalue weighted by Crippen LogP contribution is -2.33. The first-order valence-electron chi connectivity index (χ1n) is 12.3. The Morgan fingerprint density at radius 1 is 1.05 bits per heavy atom. The summed E-state index contributed by atoms with van der Waals surface area (Å²) in [7, 11) is -4.10. The summed E-state index contributed by atoms with van der Waals surface area (Å²) in [4.78, 5) is 23.7. The Balaban J connectivity index is 1.60. The fraction of sp³-hybridized carbons (Fsp3) is 0.385. The molecule has 39 heavy (non-hydrogen) atoms. The number of fused-ring (bicyclic) bond motifs is 1. The summed E-state index contributed by atoms with van der Waals surface area (Å²) in [5, 5.41) is 15.7. The minimum Gasteiger partial charge on any atom is -0.294 e. The number of nitro groups is 1. The lowest BCUT2D eigenvalue weighted by Gasteiger charge is -2.30. The van der Waals surface area contributed by atoms with Crippen molar-refractivity contribution in [2.75, 3.05) is 6.54 Å². The van der Waals surface area contributed by atoms with Crippen LogP contribution in [-0.4, -0.2) is 39.8 Å². The standard InChI is InChI=1S/C26H25F3N4O5S/c1-25(2)14-21-23(22(34)15-25)24(30-32(21)17-7-5-16(6-8-17)26(27,28)29)20-4-3-13-31(20)39(37,38)19-11-9-18(10-12-19)33(35)36/h5-12,20H,3-4,13-15H2,1-2H3/t20-/m0/s1. The average Bonchev–Trinajstić information content (AvgIpc) is 3.48. The van der Waals surface area contributed by atoms with Crippen LogP contribution in [0.5, 0.6) is 0 Å². The highest BCUT2D eigenvalue weighted by Crippen LogP contribution is 2.43. The molecule has 1 aliphatic carbocycles. The van der Waals surface area contributed by atoms with Gasteiger partial charge in [-0.05, 0) is 61.1 Å². The van der Waals surface area contributed by atoms with E-state index in [9.17, 15) is 36.5 Å². The summed E-state index contributed by atoms with van der Waals surface area (Å²) in [5.74, 6) is -0.200. The Hall–Kier alpha value is -3.58. The smallest absolute Gasteiger partial charge is 0.294 e. The van der Waals surface area contributed by atoms with Gasteiger partial charge in [-0.2, -0.15) is 22.6 Å². The van der Waals surface area contributed by atoms with Gasteiger partial charge in [0.1, 0.15) is 0 Å². The second-order valence-electron chi connectivity index (χ2n) is 10.6. The molecular weight excluding hydrogens is 537 g/mol. The molecule has 206 valence electrons. The summed E-state index contributed by atoms with van der Waals surface area (Å²) in [6.45, 7) is 3.99. The molecule has 1 fully saturated rings. The van der Waals surface area contributed by atoms with Gasteiger partial charge in [0.25, 0.3) is 5.69 Å². The van der Waals surface area contributed by atoms with Gasteiger partial charge < -0.3 is 0 Å². The van der Waals surface area contributed by atoms with Crippen LogP contribution in [0.3, 0.4) is 0 Å². The molecule has 13 heteroatoms. The van der Waals surface area contributed by atoms with Crippen molar-refractivity contribution < 1.29 is 31.3 Å². The van der Waals surface area contributed by atoms with Crippen LogP contribution in [0.15, 0.2) is 53.4 Å². The number of sulfonamides is 1. The molecule has 2 aliphatic rings. The van der Waals surface area contributed by atoms with Gasteiger partial charge in [-0.15, -0.1) is 0 Å². The Kier molecular flexibility index (Phi) is 6.41. The number of Topliss-reactive ketones (excluding diaryl/α,β-unsaturated/α-hetero) is 1. The van der Waals surface area contributed by atoms with Crippen LogP contribution < -0.4 is 0 Å². The summed E-state index contributed by atoms with van der Waals surface area (Å²) in [6.07, 6.45) is -2.99. The molecule has 9 nitrogen and oxygen atoms in total. The zero-order valence-electron chi connectivity index (χ0n) is 21.1. The second-order valence-corrected chi connectivity index (χ2v) is 12.5. The van der Waals surface area contributed by atoms with Crippen molar-refractivity contribution in [2.24, 2.45) is 5.41 Å². The molecule has 0 radical (unpaired) electrons. The molecule has 0 bridgehead atoms. The molecule has 0 N–H and O–H groups in total. The molecule has 1 aromatic heterocycles. The van der Waals surface area contributed by atoms with E-state index in [2.05, 4.69) is 5.10 Å². The number of nitrogens with zero attached hydrogens (tertiary/aromatic N) is 4. The number of benzene rings is 2. The minimum absolute atomic E-state index is 0.122. The first-order valence-corrected chi connectivity index (χ1v) is 13.7. The molecular formula is C26H25F3N4O5S. The Morgan fingerprint density at radius 3 is 2.28 bits per heavy atom. The number of carbonyl (C=O) groups is 1. The van der Waals surface area contributed by atoms with Gasteiger partial charge in [0, 0.05) is 25.1 Å². The minimum atomic E-state index is -4.51. The molecule has 2 aromatic carbocycles. The van der Waals surface area contributed by atoms with E-state index < -0.39 is 38.1 Å². The number of rotatable bonds is 5. The molecule has 1 atom stereocenters. The van der Waals surface area contributed by atoms with Gasteiger partial charge in [0.2, 0.25) is 10.0 Å². The summed E-state index contributed by atoms with van der Waals surface area (Å²) >= 11 is 0. The number of halogens is 3. The van der Waals surface area contributed by atoms with Crippen molar-refractivity contribution in [3.63, 3.8) is 0 Å². The third kappa shape index (κ3) is 4.84. The fourth-order valence-electron chi connectivity index (χ4n) is 5.39. The van der Waals surface area contributed by atoms with E-state index in [-0.39, 0.29) is 35.0 Å². The van der Waals surface area contributed by atoms with Crippen LogP contribution in [0, 0.1) is 15.5 Å². The number of ketones is 1. The molecule has 0 spiro atoms. The Bertz CT molecular complexity index is 1560. The molecule has 2 heterocycles. The number of hydrogen-bond acceptors (Lipinski definition) is 6. The van der Waals surface area contributed by atoms with Gasteiger partial charge in [-0.25, -0.2) is 13.1 Å². The fourth-order valence-corrected chi connectivity index (χ4v) is 7.05. The maximum Gasteiger partial charge on any atom is 0.416 e. The molecule has 1 aliphatic heterocycles. The third-order valence-electron chi connectivity index (χ3n) is 7.18. The zero-order valence-corrected chi connectivity index (χ0v) is 21.9. The predicted octanol–water partition coefficient (Wildman–Crippen LogP) is 5.48. The van der Waals surface area contributed by atoms with Crippen LogP contribution >= 0.6 is 0 Å². The number of non-ortho nitro benzene ring substituents is 1. The Labute approximate surface area is 222 Å². The van der Waals surface area contributed by atoms with Crippen molar-refractivity contribution in [3.05, 3.63) is 81.2 Å². The van der Waals surface area contributed by atoms with Crippen molar-refractivity contribution in [3.8, 4) is 5.69 Å². The number of nitro benzene ring substituents is 1. The van der Waals surface area contributed by atoms with Crippen molar-refractivity contribution >= 4 is 21.5 Å². The lowest BCUT2D eigenvalue weighted by atomic mass is 9.75. The molecule has 0 amide bonds. The molecule has 1 saturated heterocycles. The van der Waals surface area contributed by atoms with E-state index in [1.165, 1.54) is 33.3 Å². The van der Waals surface area contributed by atoms with Crippen LogP contribution in [-0.2, 0) is 22.6 Å². The van der Waals surface area contributed by atoms with Gasteiger partial charge in [-0.3, -0.25) is 14.9 Å². The van der Waals surface area contributed by atoms with Gasteiger partial charge in [-0.1, -0.05) is 13.8 Å². The van der Waals surface area contributed by atoms with Crippen LogP contribution in [0.2, 0.25) is 0 Å². The molecule has 0 unspecified atom stereocenters. The second kappa shape index (κ2) is 9.26. The highest BCUT2D eigenvalue weighted by Gasteiger charge is 2.44. The Morgan fingerprint density at radius 2 is 1.69 bits per heavy atom. The topological polar surface area (TPSA) is 115 Å². The maximum atomic E-state index is 13.6. The normalized spacial score (nSPS) is 19.7. The van der Waals surface area contributed by atoms with E-state index in [1.807, 2.05) is 13.8 Å². The van der Waals surface area contributed by atoms with Gasteiger partial charge >= 0.3 is 6.18 Å². The third-order valence-corrected chi connectivity index (χ3v) is 9.11. The number of hydrogen-bond donors (Lipinski definition) is 0. The van der Waals surface area contributed by atoms with Crippen molar-refractivity contribution in [1.29, 1.82) is 0 Å². The van der Waals surface area contributed by atoms with E-state index in [1.54, 1.807) is 0 Å². The number of aromatic nitrogens is 2. The first-order chi connectivity index (χ1) is 18.2. The van der Waals surface area contributed by atoms with Crippen LogP contribution in [0.4, 0.5) is 18.9 Å². The van der Waals surface area contributed by atoms with Gasteiger partial charge in [0.05, 0.1) is 44.1 Å². The van der Waals surface area contributed by atoms with Gasteiger partial charge in [0.15, 0.2) is 5.78 Å². The number of carbonyl (C=O) groups excluding carboxylic acids is 1. The van der Waals surface area contributed by atoms with Crippen molar-refractivity contribution in [2.45, 2.75) is 56.6 Å². The number of alkyl halides is 3. The van der Waals surface area contributed by atoms with E-state index >= 15 is 0 Å². The van der Waals surface area contributed by atoms with Crippen molar-refractivity contribution in [1.82, 2.24) is 14.1 Å². The summed E-state index contributed by atoms with van der Waals surface area (Å²) in [5.41, 5.74) is -0.0436. The highest BCUT2D eigenvalue weighted by atomic mass is 32.2. The van der Waals surface area contributed by atoms with E-state index in [4.69, 9.17) is 0 Å². The molecule has 5 rings (SSSR count). The first kappa shape index (κ1) is 27.0. The SMILES string of the molecule is CC1(C)CC(=O)c2c([C@@H]3CCCN3S(=O)(=O)c3ccc([N+](=O)[O-])cc3)nn(-c3ccc(C(F)(F)F)cc3)c2C1. The molecule has 3 aromatic rings. The van der Waals surface area contributed by atoms with Crippen LogP contribution in [0.25, 0.3) is 5.69 Å². The monoisotopic (exact) mass is 562 g/mol. The summed E-state index contributed by atoms with van der Waals surface area (Å²) in [6, 6.07) is 8.26. The van der Waals surface area contributed by atoms with E-state index in [0.717, 1.165) is 24.3 Å². The van der Waals surface area contributed by atoms with E-state index in [0.29, 0.717) is 36.2 Å².